The summed E-state index contributed by atoms with van der Waals surface area (Å²) < 4.78 is 48.6. The number of nitrogens with zero attached hydrogens (tertiary/aromatic N) is 4. The van der Waals surface area contributed by atoms with Gasteiger partial charge in [-0.3, -0.25) is 4.79 Å². The minimum Gasteiger partial charge on any atom is -0.475 e. The van der Waals surface area contributed by atoms with Crippen molar-refractivity contribution in [2.24, 2.45) is 0 Å². The lowest BCUT2D eigenvalue weighted by atomic mass is 10.1. The first-order valence-corrected chi connectivity index (χ1v) is 12.9. The van der Waals surface area contributed by atoms with E-state index in [0.717, 1.165) is 0 Å². The van der Waals surface area contributed by atoms with Crippen molar-refractivity contribution in [3.63, 3.8) is 0 Å². The van der Waals surface area contributed by atoms with Gasteiger partial charge in [0.25, 0.3) is 5.91 Å². The molecule has 2 N–H and O–H groups in total. The van der Waals surface area contributed by atoms with Crippen LogP contribution in [-0.4, -0.2) is 58.9 Å². The summed E-state index contributed by atoms with van der Waals surface area (Å²) in [6.07, 6.45) is 1.81. The van der Waals surface area contributed by atoms with Crippen molar-refractivity contribution in [1.82, 2.24) is 24.6 Å². The van der Waals surface area contributed by atoms with Crippen molar-refractivity contribution >= 4 is 21.9 Å². The maximum atomic E-state index is 13.9. The van der Waals surface area contributed by atoms with Gasteiger partial charge in [-0.2, -0.15) is 0 Å². The fourth-order valence-corrected chi connectivity index (χ4v) is 4.64. The summed E-state index contributed by atoms with van der Waals surface area (Å²) >= 11 is 0. The molecule has 2 heterocycles. The molecule has 4 aromatic rings. The molecule has 0 saturated heterocycles. The lowest BCUT2D eigenvalue weighted by Gasteiger charge is -2.18. The molecule has 11 nitrogen and oxygen atoms in total. The van der Waals surface area contributed by atoms with Crippen LogP contribution in [0.1, 0.15) is 37.9 Å². The summed E-state index contributed by atoms with van der Waals surface area (Å²) in [5.74, 6) is -1.79. The van der Waals surface area contributed by atoms with Gasteiger partial charge in [0.15, 0.2) is 0 Å². The van der Waals surface area contributed by atoms with Gasteiger partial charge >= 0.3 is 5.97 Å². The average molecular weight is 542 g/mol. The highest BCUT2D eigenvalue weighted by atomic mass is 32.2. The Kier molecular flexibility index (Phi) is 7.98. The maximum Gasteiger partial charge on any atom is 0.371 e. The average Bonchev–Trinajstić information content (AvgIpc) is 3.56. The van der Waals surface area contributed by atoms with E-state index in [0.29, 0.717) is 23.4 Å². The number of furan rings is 1. The summed E-state index contributed by atoms with van der Waals surface area (Å²) in [4.78, 5) is 25.1. The van der Waals surface area contributed by atoms with Gasteiger partial charge in [0.2, 0.25) is 15.8 Å². The number of hydrogen-bond donors (Lipinski definition) is 2. The lowest BCUT2D eigenvalue weighted by Crippen LogP contribution is -2.29. The number of carbonyl (C=O) groups is 2. The Morgan fingerprint density at radius 1 is 1.13 bits per heavy atom. The monoisotopic (exact) mass is 541 g/mol. The zero-order chi connectivity index (χ0) is 27.3. The predicted octanol–water partition coefficient (Wildman–Crippen LogP) is 2.55. The Morgan fingerprint density at radius 2 is 1.92 bits per heavy atom. The van der Waals surface area contributed by atoms with Crippen molar-refractivity contribution in [2.75, 3.05) is 13.6 Å². The molecule has 0 radical (unpaired) electrons. The molecule has 0 spiro atoms. The Bertz CT molecular complexity index is 1570. The normalized spacial score (nSPS) is 11.4. The molecule has 4 rings (SSSR count). The molecule has 2 aromatic carbocycles. The zero-order valence-corrected chi connectivity index (χ0v) is 21.1. The second kappa shape index (κ2) is 11.4. The third-order valence-electron chi connectivity index (χ3n) is 5.63. The van der Waals surface area contributed by atoms with E-state index in [1.807, 2.05) is 0 Å². The summed E-state index contributed by atoms with van der Waals surface area (Å²) in [5.41, 5.74) is 0.978. The topological polar surface area (TPSA) is 148 Å². The molecule has 0 aliphatic heterocycles. The van der Waals surface area contributed by atoms with Crippen LogP contribution < -0.4 is 4.72 Å². The van der Waals surface area contributed by atoms with Gasteiger partial charge in [-0.15, -0.1) is 5.10 Å². The smallest absolute Gasteiger partial charge is 0.371 e. The van der Waals surface area contributed by atoms with E-state index in [1.54, 1.807) is 25.2 Å². The van der Waals surface area contributed by atoms with Crippen molar-refractivity contribution in [1.29, 1.82) is 0 Å². The summed E-state index contributed by atoms with van der Waals surface area (Å²) in [6, 6.07) is 14.8. The highest BCUT2D eigenvalue weighted by molar-refractivity contribution is 7.89. The minimum atomic E-state index is -3.99. The second-order valence-electron chi connectivity index (χ2n) is 8.40. The molecule has 2 aromatic heterocycles. The Morgan fingerprint density at radius 3 is 2.66 bits per heavy atom. The quantitative estimate of drug-likeness (QED) is 0.294. The largest absolute Gasteiger partial charge is 0.475 e. The van der Waals surface area contributed by atoms with E-state index in [4.69, 9.17) is 9.52 Å². The van der Waals surface area contributed by atoms with Crippen molar-refractivity contribution in [3.05, 3.63) is 101 Å². The number of benzene rings is 2. The van der Waals surface area contributed by atoms with Crippen molar-refractivity contribution < 1.29 is 31.9 Å². The molecule has 1 amide bonds. The molecule has 198 valence electrons. The number of amides is 1. The predicted molar refractivity (Wildman–Crippen MR) is 132 cm³/mol. The van der Waals surface area contributed by atoms with Gasteiger partial charge in [0.1, 0.15) is 18.1 Å². The van der Waals surface area contributed by atoms with Gasteiger partial charge in [0.05, 0.1) is 23.3 Å². The molecule has 0 fully saturated rings. The zero-order valence-electron chi connectivity index (χ0n) is 20.2. The number of hydrogen-bond acceptors (Lipinski definition) is 7. The third kappa shape index (κ3) is 6.49. The van der Waals surface area contributed by atoms with Crippen molar-refractivity contribution in [3.8, 4) is 0 Å². The van der Waals surface area contributed by atoms with Crippen LogP contribution in [0.25, 0.3) is 0 Å². The standard InChI is InChI=1S/C25H24FN5O6S/c1-30(12-11-17-5-2-3-8-22(17)26)24(32)18-6-4-7-21(13-18)38(35,36)27-14-19-15-31(29-28-19)16-20-9-10-23(37-20)25(33)34/h2-10,13,15,27H,11-12,14,16H2,1H3,(H,33,34). The molecular weight excluding hydrogens is 517 g/mol. The maximum absolute atomic E-state index is 13.9. The molecule has 0 unspecified atom stereocenters. The number of aromatic nitrogens is 3. The number of carboxylic acid groups (broad SMARTS) is 1. The fourth-order valence-electron chi connectivity index (χ4n) is 3.59. The number of aromatic carboxylic acids is 1. The first kappa shape index (κ1) is 26.7. The number of rotatable bonds is 11. The van der Waals surface area contributed by atoms with Crippen LogP contribution in [0.3, 0.4) is 0 Å². The van der Waals surface area contributed by atoms with Crippen LogP contribution in [-0.2, 0) is 29.5 Å². The van der Waals surface area contributed by atoms with Crippen LogP contribution in [0.2, 0.25) is 0 Å². The van der Waals surface area contributed by atoms with Crippen LogP contribution in [0.15, 0.2) is 76.2 Å². The minimum absolute atomic E-state index is 0.102. The molecule has 0 saturated carbocycles. The summed E-state index contributed by atoms with van der Waals surface area (Å²) in [5, 5.41) is 16.7. The summed E-state index contributed by atoms with van der Waals surface area (Å²) in [6.45, 7) is 0.198. The van der Waals surface area contributed by atoms with E-state index >= 15 is 0 Å². The molecule has 38 heavy (non-hydrogen) atoms. The molecule has 0 aliphatic carbocycles. The van der Waals surface area contributed by atoms with E-state index in [1.165, 1.54) is 58.2 Å². The summed E-state index contributed by atoms with van der Waals surface area (Å²) in [7, 11) is -2.42. The first-order valence-electron chi connectivity index (χ1n) is 11.4. The van der Waals surface area contributed by atoms with Gasteiger partial charge in [-0.1, -0.05) is 29.5 Å². The van der Waals surface area contributed by atoms with Crippen LogP contribution in [0.5, 0.6) is 0 Å². The van der Waals surface area contributed by atoms with Gasteiger partial charge in [0, 0.05) is 19.2 Å². The number of sulfonamides is 1. The molecule has 0 aliphatic rings. The van der Waals surface area contributed by atoms with Crippen LogP contribution in [0.4, 0.5) is 4.39 Å². The Balaban J connectivity index is 1.36. The van der Waals surface area contributed by atoms with Gasteiger partial charge in [-0.25, -0.2) is 27.0 Å². The first-order chi connectivity index (χ1) is 18.1. The second-order valence-corrected chi connectivity index (χ2v) is 10.2. The highest BCUT2D eigenvalue weighted by Gasteiger charge is 2.19. The third-order valence-corrected chi connectivity index (χ3v) is 7.03. The number of carboxylic acids is 1. The van der Waals surface area contributed by atoms with E-state index in [9.17, 15) is 22.4 Å². The van der Waals surface area contributed by atoms with Gasteiger partial charge in [-0.05, 0) is 48.4 Å². The number of nitrogens with one attached hydrogen (secondary N) is 1. The van der Waals surface area contributed by atoms with Crippen molar-refractivity contribution in [2.45, 2.75) is 24.4 Å². The molecule has 0 bridgehead atoms. The fraction of sp³-hybridized carbons (Fsp3) is 0.200. The van der Waals surface area contributed by atoms with Crippen LogP contribution >= 0.6 is 0 Å². The van der Waals surface area contributed by atoms with E-state index in [2.05, 4.69) is 15.0 Å². The Hall–Kier alpha value is -4.36. The van der Waals surface area contributed by atoms with E-state index in [-0.39, 0.29) is 41.7 Å². The van der Waals surface area contributed by atoms with E-state index < -0.39 is 21.9 Å². The SMILES string of the molecule is CN(CCc1ccccc1F)C(=O)c1cccc(S(=O)(=O)NCc2cn(Cc3ccc(C(=O)O)o3)nn2)c1. The molecule has 0 atom stereocenters. The number of likely N-dealkylation sites (N-methyl/N-ethyl adjacent to an activating group) is 1. The number of carbonyl (C=O) groups excluding carboxylic acids is 1. The highest BCUT2D eigenvalue weighted by Crippen LogP contribution is 2.15. The van der Waals surface area contributed by atoms with Gasteiger partial charge < -0.3 is 14.4 Å². The molecular formula is C25H24FN5O6S. The number of halogens is 1. The lowest BCUT2D eigenvalue weighted by molar-refractivity contribution is 0.0659. The Labute approximate surface area is 217 Å². The van der Waals surface area contributed by atoms with Crippen LogP contribution in [0, 0.1) is 5.82 Å². The molecule has 13 heteroatoms.